The molecule has 3 unspecified atom stereocenters. The number of Topliss-reactive ketones (excluding diaryl/α,β-unsaturated/α-hetero) is 1. The molecule has 1 saturated heterocycles. The van der Waals surface area contributed by atoms with Gasteiger partial charge >= 0.3 is 0 Å². The first-order valence-electron chi connectivity index (χ1n) is 12.2. The lowest BCUT2D eigenvalue weighted by Crippen LogP contribution is -2.51. The number of hydrogen-bond donors (Lipinski definition) is 2. The summed E-state index contributed by atoms with van der Waals surface area (Å²) < 4.78 is 20.8. The Hall–Kier alpha value is -2.37. The number of halogens is 2. The number of thioether (sulfide) groups is 1. The van der Waals surface area contributed by atoms with Crippen LogP contribution in [-0.4, -0.2) is 76.9 Å². The smallest absolute Gasteiger partial charge is 0.235 e. The number of ether oxygens (including phenoxy) is 1. The van der Waals surface area contributed by atoms with Crippen molar-refractivity contribution in [1.82, 2.24) is 20.2 Å². The average Bonchev–Trinajstić information content (AvgIpc) is 2.88. The SMILES string of the molecule is COC1(C)C=Cc2nccc(C(=O)CN3CCC(NCc4nc5c(cc4Cl)SCC(=O)N5)C(F)C3)c2C1. The van der Waals surface area contributed by atoms with Crippen LogP contribution < -0.4 is 10.6 Å². The summed E-state index contributed by atoms with van der Waals surface area (Å²) >= 11 is 7.78. The van der Waals surface area contributed by atoms with Crippen LogP contribution in [0.5, 0.6) is 0 Å². The molecule has 0 radical (unpaired) electrons. The largest absolute Gasteiger partial charge is 0.374 e. The first kappa shape index (κ1) is 26.2. The molecular formula is C26H29ClFN5O3S. The Labute approximate surface area is 224 Å². The summed E-state index contributed by atoms with van der Waals surface area (Å²) in [4.78, 5) is 36.5. The van der Waals surface area contributed by atoms with Crippen LogP contribution in [0.2, 0.25) is 5.02 Å². The molecule has 196 valence electrons. The number of methoxy groups -OCH3 is 1. The number of anilines is 1. The number of ketones is 1. The lowest BCUT2D eigenvalue weighted by atomic mass is 9.86. The molecule has 2 aliphatic heterocycles. The van der Waals surface area contributed by atoms with Gasteiger partial charge in [-0.05, 0) is 37.1 Å². The van der Waals surface area contributed by atoms with Crippen LogP contribution in [0.4, 0.5) is 10.2 Å². The second kappa shape index (κ2) is 10.8. The number of nitrogens with zero attached hydrogens (tertiary/aromatic N) is 3. The number of carbonyl (C=O) groups is 2. The Morgan fingerprint density at radius 2 is 2.30 bits per heavy atom. The van der Waals surface area contributed by atoms with Crippen LogP contribution >= 0.6 is 23.4 Å². The molecule has 8 nitrogen and oxygen atoms in total. The van der Waals surface area contributed by atoms with Crippen LogP contribution in [0.25, 0.3) is 6.08 Å². The minimum Gasteiger partial charge on any atom is -0.374 e. The fourth-order valence-electron chi connectivity index (χ4n) is 4.91. The van der Waals surface area contributed by atoms with E-state index in [1.807, 2.05) is 24.0 Å². The van der Waals surface area contributed by atoms with Gasteiger partial charge in [0.1, 0.15) is 12.0 Å². The Bertz CT molecular complexity index is 1260. The Morgan fingerprint density at radius 3 is 3.08 bits per heavy atom. The predicted molar refractivity (Wildman–Crippen MR) is 142 cm³/mol. The molecule has 2 aromatic rings. The van der Waals surface area contributed by atoms with Crippen LogP contribution in [0.1, 0.15) is 40.7 Å². The van der Waals surface area contributed by atoms with Crippen molar-refractivity contribution in [3.63, 3.8) is 0 Å². The third-order valence-electron chi connectivity index (χ3n) is 7.13. The number of amides is 1. The number of alkyl halides is 1. The first-order valence-corrected chi connectivity index (χ1v) is 13.6. The van der Waals surface area contributed by atoms with Crippen molar-refractivity contribution in [3.05, 3.63) is 51.9 Å². The summed E-state index contributed by atoms with van der Waals surface area (Å²) in [6, 6.07) is 3.15. The topological polar surface area (TPSA) is 96.4 Å². The van der Waals surface area contributed by atoms with E-state index in [0.717, 1.165) is 16.2 Å². The van der Waals surface area contributed by atoms with Crippen LogP contribution in [0, 0.1) is 0 Å². The molecule has 1 aliphatic carbocycles. The van der Waals surface area contributed by atoms with E-state index in [4.69, 9.17) is 16.3 Å². The zero-order chi connectivity index (χ0) is 26.2. The van der Waals surface area contributed by atoms with Gasteiger partial charge in [-0.25, -0.2) is 9.37 Å². The van der Waals surface area contributed by atoms with Gasteiger partial charge in [-0.15, -0.1) is 11.8 Å². The molecule has 2 aromatic heterocycles. The zero-order valence-electron chi connectivity index (χ0n) is 20.7. The van der Waals surface area contributed by atoms with Crippen molar-refractivity contribution in [2.24, 2.45) is 0 Å². The van der Waals surface area contributed by atoms with Crippen molar-refractivity contribution >= 4 is 46.9 Å². The standard InChI is InChI=1S/C26H29ClFN5O3S/c1-26(36-2)6-3-19-16(10-26)15(4-7-29-19)22(34)13-33-8-5-20(18(28)12-33)30-11-21-17(27)9-23-25(31-21)32-24(35)14-37-23/h3-4,6-7,9,18,20,30H,5,8,10-14H2,1-2H3,(H,31,32,35). The Kier molecular flexibility index (Phi) is 7.65. The van der Waals surface area contributed by atoms with Gasteiger partial charge in [0.25, 0.3) is 0 Å². The molecule has 1 amide bonds. The molecule has 37 heavy (non-hydrogen) atoms. The number of pyridine rings is 2. The quantitative estimate of drug-likeness (QED) is 0.510. The number of likely N-dealkylation sites (tertiary alicyclic amines) is 1. The van der Waals surface area contributed by atoms with Gasteiger partial charge < -0.3 is 15.4 Å². The first-order chi connectivity index (χ1) is 17.7. The Morgan fingerprint density at radius 1 is 1.46 bits per heavy atom. The molecular weight excluding hydrogens is 517 g/mol. The van der Waals surface area contributed by atoms with E-state index >= 15 is 4.39 Å². The number of piperidine rings is 1. The highest BCUT2D eigenvalue weighted by atomic mass is 35.5. The van der Waals surface area contributed by atoms with Crippen molar-refractivity contribution in [3.8, 4) is 0 Å². The van der Waals surface area contributed by atoms with Crippen molar-refractivity contribution in [2.75, 3.05) is 37.8 Å². The van der Waals surface area contributed by atoms with E-state index in [-0.39, 0.29) is 37.4 Å². The number of carbonyl (C=O) groups excluding carboxylic acids is 2. The normalized spacial score (nSPS) is 25.4. The summed E-state index contributed by atoms with van der Waals surface area (Å²) in [5.41, 5.74) is 2.34. The summed E-state index contributed by atoms with van der Waals surface area (Å²) in [5.74, 6) is 0.678. The molecule has 0 bridgehead atoms. The molecule has 0 saturated carbocycles. The predicted octanol–water partition coefficient (Wildman–Crippen LogP) is 3.53. The van der Waals surface area contributed by atoms with Gasteiger partial charge in [0.2, 0.25) is 5.91 Å². The van der Waals surface area contributed by atoms with Gasteiger partial charge in [-0.3, -0.25) is 19.5 Å². The minimum atomic E-state index is -1.15. The van der Waals surface area contributed by atoms with Crippen molar-refractivity contribution < 1.29 is 18.7 Å². The molecule has 4 heterocycles. The van der Waals surface area contributed by atoms with Crippen LogP contribution in [-0.2, 0) is 22.5 Å². The van der Waals surface area contributed by atoms with E-state index in [2.05, 4.69) is 20.6 Å². The highest BCUT2D eigenvalue weighted by Gasteiger charge is 2.33. The van der Waals surface area contributed by atoms with E-state index in [1.165, 1.54) is 11.8 Å². The second-order valence-corrected chi connectivity index (χ2v) is 11.2. The van der Waals surface area contributed by atoms with Crippen molar-refractivity contribution in [2.45, 2.75) is 49.0 Å². The number of aromatic nitrogens is 2. The second-order valence-electron chi connectivity index (χ2n) is 9.80. The maximum Gasteiger partial charge on any atom is 0.235 e. The monoisotopic (exact) mass is 545 g/mol. The summed E-state index contributed by atoms with van der Waals surface area (Å²) in [6.07, 6.45) is 5.45. The van der Waals surface area contributed by atoms with E-state index < -0.39 is 11.8 Å². The average molecular weight is 546 g/mol. The number of hydrogen-bond acceptors (Lipinski definition) is 8. The lowest BCUT2D eigenvalue weighted by molar-refractivity contribution is -0.113. The van der Waals surface area contributed by atoms with Gasteiger partial charge in [0.15, 0.2) is 5.78 Å². The van der Waals surface area contributed by atoms with E-state index in [0.29, 0.717) is 47.2 Å². The van der Waals surface area contributed by atoms with Crippen molar-refractivity contribution in [1.29, 1.82) is 0 Å². The van der Waals surface area contributed by atoms with Crippen LogP contribution in [0.3, 0.4) is 0 Å². The molecule has 1 fully saturated rings. The number of fused-ring (bicyclic) bond motifs is 2. The molecule has 3 atom stereocenters. The molecule has 11 heteroatoms. The fraction of sp³-hybridized carbons (Fsp3) is 0.462. The summed E-state index contributed by atoms with van der Waals surface area (Å²) in [7, 11) is 1.65. The summed E-state index contributed by atoms with van der Waals surface area (Å²) in [6.45, 7) is 3.15. The third kappa shape index (κ3) is 5.73. The molecule has 3 aliphatic rings. The van der Waals surface area contributed by atoms with Gasteiger partial charge in [0.05, 0.1) is 39.2 Å². The maximum absolute atomic E-state index is 15.1. The minimum absolute atomic E-state index is 0.0454. The van der Waals surface area contributed by atoms with Gasteiger partial charge in [-0.1, -0.05) is 17.7 Å². The zero-order valence-corrected chi connectivity index (χ0v) is 22.3. The number of rotatable bonds is 7. The highest BCUT2D eigenvalue weighted by molar-refractivity contribution is 8.00. The fourth-order valence-corrected chi connectivity index (χ4v) is 5.98. The molecule has 5 rings (SSSR count). The Balaban J connectivity index is 1.18. The maximum atomic E-state index is 15.1. The summed E-state index contributed by atoms with van der Waals surface area (Å²) in [5, 5.41) is 6.46. The van der Waals surface area contributed by atoms with Gasteiger partial charge in [0, 0.05) is 51.0 Å². The number of nitrogens with one attached hydrogen (secondary N) is 2. The van der Waals surface area contributed by atoms with E-state index in [1.54, 1.807) is 25.4 Å². The van der Waals surface area contributed by atoms with Crippen LogP contribution in [0.15, 0.2) is 29.3 Å². The van der Waals surface area contributed by atoms with E-state index in [9.17, 15) is 9.59 Å². The molecule has 0 aromatic carbocycles. The molecule has 0 spiro atoms. The lowest BCUT2D eigenvalue weighted by Gasteiger charge is -2.35. The highest BCUT2D eigenvalue weighted by Crippen LogP contribution is 2.33. The third-order valence-corrected chi connectivity index (χ3v) is 8.49. The van der Waals surface area contributed by atoms with Gasteiger partial charge in [-0.2, -0.15) is 0 Å². The molecule has 2 N–H and O–H groups in total.